The summed E-state index contributed by atoms with van der Waals surface area (Å²) in [5, 5.41) is 10.2. The number of carbonyl (C=O) groups is 2. The molecule has 1 aromatic heterocycles. The zero-order valence-corrected chi connectivity index (χ0v) is 19.0. The second kappa shape index (κ2) is 8.77. The molecule has 1 atom stereocenters. The van der Waals surface area contributed by atoms with Gasteiger partial charge in [0.1, 0.15) is 11.5 Å². The number of amides is 3. The number of nitrogens with zero attached hydrogens (tertiary/aromatic N) is 4. The van der Waals surface area contributed by atoms with Crippen molar-refractivity contribution in [3.63, 3.8) is 0 Å². The molecule has 1 aromatic carbocycles. The molecule has 182 valence electrons. The summed E-state index contributed by atoms with van der Waals surface area (Å²) < 4.78 is 42.2. The van der Waals surface area contributed by atoms with Gasteiger partial charge in [-0.2, -0.15) is 5.10 Å². The number of anilines is 1. The first-order valence-corrected chi connectivity index (χ1v) is 11.6. The predicted octanol–water partition coefficient (Wildman–Crippen LogP) is 3.11. The SMILES string of the molecule is O=C1NCC(N2CCC(F)(F)CC2)Cn2nc3c(c21)CN(C(=O)Nc1ccc(F)c(Cl)c1)CC3. The molecular formula is C22H24ClF3N6O2. The summed E-state index contributed by atoms with van der Waals surface area (Å²) in [5.74, 6) is -3.50. The standard InChI is InChI=1S/C22H24ClF3N6O2/c23-16-9-13(1-2-17(16)24)28-21(34)31-6-3-18-15(12-31)19-20(33)27-10-14(11-32(19)29-18)30-7-4-22(25,26)5-8-30/h1-2,9,14H,3-8,10-12H2,(H,27,33)(H,28,34). The van der Waals surface area contributed by atoms with Crippen molar-refractivity contribution >= 4 is 29.2 Å². The molecule has 12 heteroatoms. The van der Waals surface area contributed by atoms with E-state index in [1.165, 1.54) is 18.2 Å². The summed E-state index contributed by atoms with van der Waals surface area (Å²) in [6.45, 7) is 1.89. The molecule has 5 rings (SSSR count). The van der Waals surface area contributed by atoms with Gasteiger partial charge >= 0.3 is 6.03 Å². The minimum atomic E-state index is -2.64. The zero-order chi connectivity index (χ0) is 24.0. The van der Waals surface area contributed by atoms with Crippen molar-refractivity contribution in [3.8, 4) is 0 Å². The summed E-state index contributed by atoms with van der Waals surface area (Å²) in [5.41, 5.74) is 2.21. The summed E-state index contributed by atoms with van der Waals surface area (Å²) in [6, 6.07) is 3.40. The number of piperidine rings is 1. The van der Waals surface area contributed by atoms with Gasteiger partial charge in [0.2, 0.25) is 0 Å². The van der Waals surface area contributed by atoms with Crippen LogP contribution in [-0.4, -0.2) is 69.7 Å². The molecule has 4 heterocycles. The molecule has 34 heavy (non-hydrogen) atoms. The maximum atomic E-state index is 13.6. The van der Waals surface area contributed by atoms with Crippen molar-refractivity contribution in [2.24, 2.45) is 0 Å². The van der Waals surface area contributed by atoms with Gasteiger partial charge in [0.05, 0.1) is 23.8 Å². The number of hydrogen-bond acceptors (Lipinski definition) is 4. The highest BCUT2D eigenvalue weighted by Gasteiger charge is 2.39. The fourth-order valence-electron chi connectivity index (χ4n) is 4.78. The second-order valence-electron chi connectivity index (χ2n) is 8.94. The second-order valence-corrected chi connectivity index (χ2v) is 9.35. The van der Waals surface area contributed by atoms with Gasteiger partial charge < -0.3 is 15.5 Å². The van der Waals surface area contributed by atoms with Gasteiger partial charge in [-0.25, -0.2) is 18.0 Å². The molecule has 3 aliphatic rings. The van der Waals surface area contributed by atoms with E-state index in [2.05, 4.69) is 15.7 Å². The van der Waals surface area contributed by atoms with E-state index in [-0.39, 0.29) is 49.4 Å². The van der Waals surface area contributed by atoms with Crippen LogP contribution in [0.1, 0.15) is 34.6 Å². The number of rotatable bonds is 2. The van der Waals surface area contributed by atoms with Crippen LogP contribution in [-0.2, 0) is 19.5 Å². The molecule has 1 saturated heterocycles. The lowest BCUT2D eigenvalue weighted by atomic mass is 10.0. The van der Waals surface area contributed by atoms with Crippen molar-refractivity contribution in [2.45, 2.75) is 44.3 Å². The van der Waals surface area contributed by atoms with E-state index in [1.54, 1.807) is 9.58 Å². The molecule has 1 fully saturated rings. The summed E-state index contributed by atoms with van der Waals surface area (Å²) >= 11 is 5.79. The van der Waals surface area contributed by atoms with Gasteiger partial charge in [-0.15, -0.1) is 0 Å². The van der Waals surface area contributed by atoms with Crippen molar-refractivity contribution in [3.05, 3.63) is 46.0 Å². The van der Waals surface area contributed by atoms with Crippen molar-refractivity contribution in [1.82, 2.24) is 24.9 Å². The molecule has 0 aliphatic carbocycles. The Hall–Kier alpha value is -2.79. The van der Waals surface area contributed by atoms with Crippen LogP contribution in [0, 0.1) is 5.82 Å². The number of halogens is 4. The highest BCUT2D eigenvalue weighted by atomic mass is 35.5. The Bertz CT molecular complexity index is 1130. The highest BCUT2D eigenvalue weighted by Crippen LogP contribution is 2.30. The lowest BCUT2D eigenvalue weighted by Gasteiger charge is -2.36. The van der Waals surface area contributed by atoms with E-state index in [0.29, 0.717) is 43.0 Å². The molecule has 0 spiro atoms. The molecule has 3 amide bonds. The maximum Gasteiger partial charge on any atom is 0.322 e. The molecule has 0 radical (unpaired) electrons. The molecule has 3 aliphatic heterocycles. The topological polar surface area (TPSA) is 82.5 Å². The number of benzene rings is 1. The molecule has 0 bridgehead atoms. The lowest BCUT2D eigenvalue weighted by molar-refractivity contribution is -0.0639. The third-order valence-corrected chi connectivity index (χ3v) is 6.99. The Morgan fingerprint density at radius 3 is 2.74 bits per heavy atom. The van der Waals surface area contributed by atoms with E-state index in [1.807, 2.05) is 4.90 Å². The fraction of sp³-hybridized carbons (Fsp3) is 0.500. The van der Waals surface area contributed by atoms with Gasteiger partial charge in [0.25, 0.3) is 11.8 Å². The number of urea groups is 1. The fourth-order valence-corrected chi connectivity index (χ4v) is 4.96. The van der Waals surface area contributed by atoms with Gasteiger partial charge in [-0.3, -0.25) is 14.4 Å². The summed E-state index contributed by atoms with van der Waals surface area (Å²) in [6.07, 6.45) is 0.0906. The average molecular weight is 497 g/mol. The van der Waals surface area contributed by atoms with Gasteiger partial charge in [-0.05, 0) is 18.2 Å². The summed E-state index contributed by atoms with van der Waals surface area (Å²) in [4.78, 5) is 29.3. The van der Waals surface area contributed by atoms with Crippen LogP contribution in [0.4, 0.5) is 23.7 Å². The number of fused-ring (bicyclic) bond motifs is 3. The van der Waals surface area contributed by atoms with Crippen molar-refractivity contribution < 1.29 is 22.8 Å². The van der Waals surface area contributed by atoms with Gasteiger partial charge in [0.15, 0.2) is 0 Å². The van der Waals surface area contributed by atoms with E-state index >= 15 is 0 Å². The van der Waals surface area contributed by atoms with Crippen LogP contribution in [0.2, 0.25) is 5.02 Å². The monoisotopic (exact) mass is 496 g/mol. The summed E-state index contributed by atoms with van der Waals surface area (Å²) in [7, 11) is 0. The number of likely N-dealkylation sites (tertiary alicyclic amines) is 1. The van der Waals surface area contributed by atoms with Crippen molar-refractivity contribution in [2.75, 3.05) is 31.5 Å². The number of alkyl halides is 2. The van der Waals surface area contributed by atoms with Crippen LogP contribution in [0.3, 0.4) is 0 Å². The minimum absolute atomic E-state index is 0.0932. The Morgan fingerprint density at radius 1 is 1.24 bits per heavy atom. The highest BCUT2D eigenvalue weighted by molar-refractivity contribution is 6.31. The molecule has 1 unspecified atom stereocenters. The van der Waals surface area contributed by atoms with Crippen molar-refractivity contribution in [1.29, 1.82) is 0 Å². The van der Waals surface area contributed by atoms with Crippen LogP contribution in [0.25, 0.3) is 0 Å². The molecule has 8 nitrogen and oxygen atoms in total. The van der Waals surface area contributed by atoms with Crippen LogP contribution >= 0.6 is 11.6 Å². The average Bonchev–Trinajstić information content (AvgIpc) is 3.07. The third-order valence-electron chi connectivity index (χ3n) is 6.70. The Balaban J connectivity index is 1.31. The van der Waals surface area contributed by atoms with Gasteiger partial charge in [-0.1, -0.05) is 11.6 Å². The maximum absolute atomic E-state index is 13.6. The predicted molar refractivity (Wildman–Crippen MR) is 119 cm³/mol. The number of carbonyl (C=O) groups excluding carboxylic acids is 2. The Kier molecular flexibility index (Phi) is 5.93. The number of hydrogen-bond donors (Lipinski definition) is 2. The number of nitrogens with one attached hydrogen (secondary N) is 2. The zero-order valence-electron chi connectivity index (χ0n) is 18.3. The first-order valence-electron chi connectivity index (χ1n) is 11.2. The smallest absolute Gasteiger partial charge is 0.322 e. The first-order chi connectivity index (χ1) is 16.2. The van der Waals surface area contributed by atoms with E-state index in [9.17, 15) is 22.8 Å². The van der Waals surface area contributed by atoms with E-state index in [0.717, 1.165) is 5.69 Å². The quantitative estimate of drug-likeness (QED) is 0.669. The molecule has 0 saturated carbocycles. The Labute approximate surface area is 199 Å². The normalized spacial score (nSPS) is 22.4. The molecular weight excluding hydrogens is 473 g/mol. The largest absolute Gasteiger partial charge is 0.349 e. The van der Waals surface area contributed by atoms with E-state index in [4.69, 9.17) is 11.6 Å². The Morgan fingerprint density at radius 2 is 2.00 bits per heavy atom. The van der Waals surface area contributed by atoms with Crippen LogP contribution in [0.15, 0.2) is 18.2 Å². The molecule has 2 aromatic rings. The number of aromatic nitrogens is 2. The van der Waals surface area contributed by atoms with E-state index < -0.39 is 17.8 Å². The lowest BCUT2D eigenvalue weighted by Crippen LogP contribution is -2.49. The first kappa shape index (κ1) is 23.0. The minimum Gasteiger partial charge on any atom is -0.349 e. The molecule has 2 N–H and O–H groups in total. The van der Waals surface area contributed by atoms with Crippen LogP contribution < -0.4 is 10.6 Å². The van der Waals surface area contributed by atoms with Crippen LogP contribution in [0.5, 0.6) is 0 Å². The van der Waals surface area contributed by atoms with Gasteiger partial charge in [0, 0.05) is 62.7 Å². The third kappa shape index (κ3) is 4.46.